The summed E-state index contributed by atoms with van der Waals surface area (Å²) in [5.41, 5.74) is 0. The van der Waals surface area contributed by atoms with Gasteiger partial charge in [0.1, 0.15) is 18.8 Å². The van der Waals surface area contributed by atoms with Gasteiger partial charge in [-0.25, -0.2) is 4.79 Å². The van der Waals surface area contributed by atoms with E-state index in [1.807, 2.05) is 12.2 Å². The van der Waals surface area contributed by atoms with Crippen molar-refractivity contribution >= 4 is 23.9 Å². The molecule has 0 spiro atoms. The van der Waals surface area contributed by atoms with Gasteiger partial charge in [-0.2, -0.15) is 0 Å². The van der Waals surface area contributed by atoms with Crippen LogP contribution in [0.25, 0.3) is 0 Å². The highest BCUT2D eigenvalue weighted by Gasteiger charge is 2.50. The van der Waals surface area contributed by atoms with Gasteiger partial charge in [0.05, 0.1) is 6.61 Å². The molecular weight excluding hydrogens is 997 g/mol. The van der Waals surface area contributed by atoms with E-state index in [2.05, 4.69) is 118 Å². The molecule has 1 heterocycles. The highest BCUT2D eigenvalue weighted by Crippen LogP contribution is 2.26. The zero-order valence-electron chi connectivity index (χ0n) is 49.3. The topological polar surface area (TPSA) is 175 Å². The summed E-state index contributed by atoms with van der Waals surface area (Å²) in [6.07, 6.45) is 60.6. The zero-order valence-corrected chi connectivity index (χ0v) is 49.3. The zero-order chi connectivity index (χ0) is 57.5. The Morgan fingerprint density at radius 2 is 0.810 bits per heavy atom. The molecule has 0 aliphatic carbocycles. The Morgan fingerprint density at radius 3 is 1.25 bits per heavy atom. The van der Waals surface area contributed by atoms with Crippen molar-refractivity contribution in [3.8, 4) is 0 Å². The van der Waals surface area contributed by atoms with Gasteiger partial charge in [-0.1, -0.05) is 233 Å². The third-order valence-electron chi connectivity index (χ3n) is 13.3. The molecule has 0 saturated carbocycles. The smallest absolute Gasteiger partial charge is 0.335 e. The molecule has 79 heavy (non-hydrogen) atoms. The Bertz CT molecular complexity index is 1790. The maximum absolute atomic E-state index is 13.2. The molecule has 6 atom stereocenters. The molecule has 12 nitrogen and oxygen atoms in total. The summed E-state index contributed by atoms with van der Waals surface area (Å²) in [5.74, 6) is -3.22. The lowest BCUT2D eigenvalue weighted by molar-refractivity contribution is -0.301. The monoisotopic (exact) mass is 1100 g/mol. The first-order valence-corrected chi connectivity index (χ1v) is 30.9. The van der Waals surface area contributed by atoms with Crippen molar-refractivity contribution in [1.82, 2.24) is 0 Å². The summed E-state index contributed by atoms with van der Waals surface area (Å²) in [6, 6.07) is 0. The van der Waals surface area contributed by atoms with E-state index >= 15 is 0 Å². The van der Waals surface area contributed by atoms with Gasteiger partial charge in [-0.15, -0.1) is 0 Å². The Balaban J connectivity index is 2.73. The summed E-state index contributed by atoms with van der Waals surface area (Å²) >= 11 is 0. The van der Waals surface area contributed by atoms with Gasteiger partial charge in [0, 0.05) is 19.3 Å². The van der Waals surface area contributed by atoms with Crippen LogP contribution in [0.15, 0.2) is 109 Å². The molecule has 1 saturated heterocycles. The Hall–Kier alpha value is -4.62. The number of ether oxygens (including phenoxy) is 5. The van der Waals surface area contributed by atoms with E-state index < -0.39 is 67.3 Å². The number of aliphatic carboxylic acids is 1. The van der Waals surface area contributed by atoms with E-state index in [1.54, 1.807) is 0 Å². The maximum Gasteiger partial charge on any atom is 0.335 e. The minimum Gasteiger partial charge on any atom is -0.479 e. The molecule has 1 rings (SSSR count). The Morgan fingerprint density at radius 1 is 0.430 bits per heavy atom. The van der Waals surface area contributed by atoms with Gasteiger partial charge < -0.3 is 39.0 Å². The third kappa shape index (κ3) is 43.8. The number of carbonyl (C=O) groups is 4. The second kappa shape index (κ2) is 54.0. The molecule has 0 radical (unpaired) electrons. The molecular formula is C67H108O12. The van der Waals surface area contributed by atoms with Crippen LogP contribution >= 0.6 is 0 Å². The molecule has 0 amide bonds. The van der Waals surface area contributed by atoms with E-state index in [9.17, 15) is 34.5 Å². The lowest BCUT2D eigenvalue weighted by Crippen LogP contribution is -2.61. The number of unbranched alkanes of at least 4 members (excludes halogenated alkanes) is 19. The summed E-state index contributed by atoms with van der Waals surface area (Å²) < 4.78 is 28.4. The largest absolute Gasteiger partial charge is 0.479 e. The maximum atomic E-state index is 13.2. The number of carbonyl (C=O) groups excluding carboxylic acids is 3. The van der Waals surface area contributed by atoms with Crippen molar-refractivity contribution in [1.29, 1.82) is 0 Å². The van der Waals surface area contributed by atoms with Crippen molar-refractivity contribution in [3.05, 3.63) is 109 Å². The van der Waals surface area contributed by atoms with Crippen molar-refractivity contribution < 1.29 is 58.2 Å². The van der Waals surface area contributed by atoms with Crippen molar-refractivity contribution in [2.45, 2.75) is 276 Å². The van der Waals surface area contributed by atoms with Crippen LogP contribution in [0.4, 0.5) is 0 Å². The van der Waals surface area contributed by atoms with E-state index in [0.29, 0.717) is 25.7 Å². The SMILES string of the molecule is CC/C=C\C/C=C\C/C=C\C/C=C\C/C=C\CCCC(=O)OC(COC(=O)CCCCCCCC/C=C\C/C=C\C/C=C\C/C=C\CC)COC1OC(C(=O)O)C(O)C(O)C1OC(=O)CCCCCCCCCCCCCCC. The standard InChI is InChI=1S/C67H108O12/c1-4-7-10-13-16-19-22-25-27-29-30-32-33-36-38-41-44-47-50-53-59(68)75-56-58(77-60(69)54-51-48-45-42-40-37-34-31-28-26-23-20-17-14-11-8-5-2)57-76-67-65(63(72)62(71)64(79-67)66(73)74)78-61(70)55-52-49-46-43-39-35-24-21-18-15-12-9-6-3/h7-8,10-11,16-17,19-20,25-28,30,32,34,37,42,45,58,62-65,67,71-72H,4-6,9,12-15,18,21-24,29,31,33,35-36,38-41,43-44,46-57H2,1-3H3,(H,73,74)/b10-7-,11-8-,19-16-,20-17-,27-25-,28-26-,32-30-,37-34-,45-42-. The molecule has 1 fully saturated rings. The van der Waals surface area contributed by atoms with Gasteiger partial charge in [0.2, 0.25) is 0 Å². The fourth-order valence-electron chi connectivity index (χ4n) is 8.69. The predicted octanol–water partition coefficient (Wildman–Crippen LogP) is 16.2. The first-order chi connectivity index (χ1) is 38.6. The van der Waals surface area contributed by atoms with Crippen LogP contribution in [-0.4, -0.2) is 89.2 Å². The first-order valence-electron chi connectivity index (χ1n) is 30.9. The van der Waals surface area contributed by atoms with Crippen LogP contribution < -0.4 is 0 Å². The van der Waals surface area contributed by atoms with Crippen molar-refractivity contribution in [2.75, 3.05) is 13.2 Å². The molecule has 0 bridgehead atoms. The van der Waals surface area contributed by atoms with Crippen LogP contribution in [0.2, 0.25) is 0 Å². The number of aliphatic hydroxyl groups is 2. The predicted molar refractivity (Wildman–Crippen MR) is 321 cm³/mol. The van der Waals surface area contributed by atoms with Gasteiger partial charge in [0.15, 0.2) is 24.6 Å². The number of esters is 3. The average molecular weight is 1110 g/mol. The summed E-state index contributed by atoms with van der Waals surface area (Å²) in [6.45, 7) is 5.71. The van der Waals surface area contributed by atoms with Gasteiger partial charge in [0.25, 0.3) is 0 Å². The number of hydrogen-bond donors (Lipinski definition) is 3. The number of carboxylic acid groups (broad SMARTS) is 1. The fraction of sp³-hybridized carbons (Fsp3) is 0.672. The van der Waals surface area contributed by atoms with Gasteiger partial charge in [-0.05, 0) is 96.3 Å². The van der Waals surface area contributed by atoms with Crippen LogP contribution in [-0.2, 0) is 42.9 Å². The summed E-state index contributed by atoms with van der Waals surface area (Å²) in [7, 11) is 0. The molecule has 1 aliphatic rings. The van der Waals surface area contributed by atoms with E-state index in [1.165, 1.54) is 51.4 Å². The molecule has 3 N–H and O–H groups in total. The molecule has 0 aromatic carbocycles. The lowest BCUT2D eigenvalue weighted by atomic mass is 9.98. The van der Waals surface area contributed by atoms with E-state index in [0.717, 1.165) is 122 Å². The minimum atomic E-state index is -1.92. The molecule has 0 aromatic rings. The molecule has 448 valence electrons. The quantitative estimate of drug-likeness (QED) is 0.0228. The highest BCUT2D eigenvalue weighted by atomic mass is 16.7. The van der Waals surface area contributed by atoms with Gasteiger partial charge in [-0.3, -0.25) is 14.4 Å². The second-order valence-corrected chi connectivity index (χ2v) is 20.6. The van der Waals surface area contributed by atoms with E-state index in [-0.39, 0.29) is 25.9 Å². The van der Waals surface area contributed by atoms with Crippen molar-refractivity contribution in [3.63, 3.8) is 0 Å². The Labute approximate surface area is 478 Å². The normalized spacial score (nSPS) is 18.6. The van der Waals surface area contributed by atoms with Gasteiger partial charge >= 0.3 is 23.9 Å². The number of aliphatic hydroxyl groups excluding tert-OH is 2. The van der Waals surface area contributed by atoms with Crippen LogP contribution in [0.5, 0.6) is 0 Å². The van der Waals surface area contributed by atoms with Crippen LogP contribution in [0.1, 0.15) is 239 Å². The average Bonchev–Trinajstić information content (AvgIpc) is 3.46. The molecule has 0 aromatic heterocycles. The lowest BCUT2D eigenvalue weighted by Gasteiger charge is -2.40. The van der Waals surface area contributed by atoms with Crippen molar-refractivity contribution in [2.24, 2.45) is 0 Å². The second-order valence-electron chi connectivity index (χ2n) is 20.6. The Kier molecular flexibility index (Phi) is 49.5. The highest BCUT2D eigenvalue weighted by molar-refractivity contribution is 5.74. The number of carboxylic acids is 1. The van der Waals surface area contributed by atoms with Crippen LogP contribution in [0, 0.1) is 0 Å². The number of rotatable bonds is 51. The van der Waals surface area contributed by atoms with Crippen LogP contribution in [0.3, 0.4) is 0 Å². The fourth-order valence-corrected chi connectivity index (χ4v) is 8.69. The molecule has 12 heteroatoms. The number of hydrogen-bond acceptors (Lipinski definition) is 11. The molecule has 6 unspecified atom stereocenters. The minimum absolute atomic E-state index is 0.0502. The first kappa shape index (κ1) is 72.4. The summed E-state index contributed by atoms with van der Waals surface area (Å²) in [5, 5.41) is 31.5. The van der Waals surface area contributed by atoms with E-state index in [4.69, 9.17) is 23.7 Å². The third-order valence-corrected chi connectivity index (χ3v) is 13.3. The molecule has 1 aliphatic heterocycles. The summed E-state index contributed by atoms with van der Waals surface area (Å²) in [4.78, 5) is 51.2. The number of allylic oxidation sites excluding steroid dienone is 18.